The number of benzene rings is 1. The molecule has 3 aromatic rings. The second kappa shape index (κ2) is 5.24. The van der Waals surface area contributed by atoms with E-state index in [2.05, 4.69) is 10.3 Å². The van der Waals surface area contributed by atoms with Gasteiger partial charge in [0.2, 0.25) is 0 Å². The average Bonchev–Trinajstić information content (AvgIpc) is 3.01. The van der Waals surface area contributed by atoms with Crippen LogP contribution in [0.15, 0.2) is 53.1 Å². The van der Waals surface area contributed by atoms with E-state index in [1.165, 1.54) is 12.1 Å². The van der Waals surface area contributed by atoms with Crippen LogP contribution < -0.4 is 5.32 Å². The summed E-state index contributed by atoms with van der Waals surface area (Å²) in [6.07, 6.45) is 1.63. The lowest BCUT2D eigenvalue weighted by Gasteiger charge is -2.12. The van der Waals surface area contributed by atoms with Crippen LogP contribution in [0.4, 0.5) is 11.5 Å². The van der Waals surface area contributed by atoms with Gasteiger partial charge in [-0.15, -0.1) is 0 Å². The molecule has 0 saturated heterocycles. The van der Waals surface area contributed by atoms with Gasteiger partial charge in [0.1, 0.15) is 11.6 Å². The van der Waals surface area contributed by atoms with Gasteiger partial charge in [0.15, 0.2) is 0 Å². The predicted molar refractivity (Wildman–Crippen MR) is 79.1 cm³/mol. The second-order valence-electron chi connectivity index (χ2n) is 4.71. The molecule has 0 aliphatic rings. The fraction of sp³-hybridized carbons (Fsp3) is 0.133. The molecule has 106 valence electrons. The highest BCUT2D eigenvalue weighted by Crippen LogP contribution is 2.23. The maximum absolute atomic E-state index is 10.8. The van der Waals surface area contributed by atoms with Crippen LogP contribution in [0.3, 0.4) is 0 Å². The summed E-state index contributed by atoms with van der Waals surface area (Å²) in [4.78, 5) is 14.8. The Balaban J connectivity index is 1.87. The Hall–Kier alpha value is -2.89. The number of aromatic nitrogens is 1. The molecule has 0 aliphatic carbocycles. The third kappa shape index (κ3) is 2.69. The standard InChI is InChI=1S/C15H13N3O3/c1-10(14-3-2-8-21-14)16-15-7-4-11-9-12(18(19)20)5-6-13(11)17-15/h2-10H,1H3,(H,16,17). The molecule has 1 unspecified atom stereocenters. The maximum atomic E-state index is 10.8. The normalized spacial score (nSPS) is 12.2. The molecule has 0 spiro atoms. The Morgan fingerprint density at radius 3 is 2.86 bits per heavy atom. The zero-order chi connectivity index (χ0) is 14.8. The number of anilines is 1. The Morgan fingerprint density at radius 1 is 1.29 bits per heavy atom. The van der Waals surface area contributed by atoms with Gasteiger partial charge < -0.3 is 9.73 Å². The number of nitrogens with one attached hydrogen (secondary N) is 1. The molecule has 0 amide bonds. The molecule has 3 rings (SSSR count). The van der Waals surface area contributed by atoms with E-state index in [0.29, 0.717) is 11.3 Å². The third-order valence-electron chi connectivity index (χ3n) is 3.22. The summed E-state index contributed by atoms with van der Waals surface area (Å²) in [6, 6.07) is 11.9. The van der Waals surface area contributed by atoms with E-state index in [4.69, 9.17) is 4.42 Å². The molecule has 0 saturated carbocycles. The van der Waals surface area contributed by atoms with Gasteiger partial charge in [0.25, 0.3) is 5.69 Å². The van der Waals surface area contributed by atoms with Crippen molar-refractivity contribution < 1.29 is 9.34 Å². The fourth-order valence-corrected chi connectivity index (χ4v) is 2.14. The zero-order valence-electron chi connectivity index (χ0n) is 11.3. The van der Waals surface area contributed by atoms with Gasteiger partial charge in [-0.1, -0.05) is 0 Å². The summed E-state index contributed by atoms with van der Waals surface area (Å²) in [7, 11) is 0. The lowest BCUT2D eigenvalue weighted by molar-refractivity contribution is -0.384. The maximum Gasteiger partial charge on any atom is 0.270 e. The van der Waals surface area contributed by atoms with Crippen molar-refractivity contribution in [2.75, 3.05) is 5.32 Å². The molecular weight excluding hydrogens is 270 g/mol. The van der Waals surface area contributed by atoms with Gasteiger partial charge >= 0.3 is 0 Å². The van der Waals surface area contributed by atoms with Crippen molar-refractivity contribution in [3.63, 3.8) is 0 Å². The second-order valence-corrected chi connectivity index (χ2v) is 4.71. The van der Waals surface area contributed by atoms with E-state index in [1.54, 1.807) is 18.4 Å². The molecule has 6 heteroatoms. The smallest absolute Gasteiger partial charge is 0.270 e. The Morgan fingerprint density at radius 2 is 2.14 bits per heavy atom. The van der Waals surface area contributed by atoms with Crippen LogP contribution in [0.1, 0.15) is 18.7 Å². The van der Waals surface area contributed by atoms with Crippen LogP contribution in [-0.4, -0.2) is 9.91 Å². The lowest BCUT2D eigenvalue weighted by Crippen LogP contribution is -2.06. The molecule has 1 aromatic carbocycles. The molecule has 0 fully saturated rings. The number of hydrogen-bond donors (Lipinski definition) is 1. The summed E-state index contributed by atoms with van der Waals surface area (Å²) in [5.74, 6) is 1.51. The molecule has 6 nitrogen and oxygen atoms in total. The average molecular weight is 283 g/mol. The minimum absolute atomic E-state index is 0.0111. The highest BCUT2D eigenvalue weighted by Gasteiger charge is 2.10. The highest BCUT2D eigenvalue weighted by atomic mass is 16.6. The quantitative estimate of drug-likeness (QED) is 0.580. The molecule has 2 heterocycles. The minimum Gasteiger partial charge on any atom is -0.467 e. The summed E-state index contributed by atoms with van der Waals surface area (Å²) < 4.78 is 5.33. The summed E-state index contributed by atoms with van der Waals surface area (Å²) in [5.41, 5.74) is 0.770. The molecule has 21 heavy (non-hydrogen) atoms. The molecule has 1 N–H and O–H groups in total. The Kier molecular flexibility index (Phi) is 3.27. The molecule has 0 aliphatic heterocycles. The molecule has 0 radical (unpaired) electrons. The number of fused-ring (bicyclic) bond motifs is 1. The number of nitro benzene ring substituents is 1. The molecule has 0 bridgehead atoms. The fourth-order valence-electron chi connectivity index (χ4n) is 2.14. The van der Waals surface area contributed by atoms with Gasteiger partial charge in [-0.05, 0) is 37.3 Å². The van der Waals surface area contributed by atoms with Crippen LogP contribution >= 0.6 is 0 Å². The van der Waals surface area contributed by atoms with E-state index < -0.39 is 4.92 Å². The van der Waals surface area contributed by atoms with Crippen molar-refractivity contribution in [3.8, 4) is 0 Å². The van der Waals surface area contributed by atoms with Gasteiger partial charge in [-0.2, -0.15) is 0 Å². The van der Waals surface area contributed by atoms with Crippen LogP contribution in [0.25, 0.3) is 10.9 Å². The summed E-state index contributed by atoms with van der Waals surface area (Å²) in [6.45, 7) is 1.97. The van der Waals surface area contributed by atoms with E-state index in [9.17, 15) is 10.1 Å². The Labute approximate surface area is 120 Å². The van der Waals surface area contributed by atoms with Gasteiger partial charge in [-0.3, -0.25) is 10.1 Å². The number of rotatable bonds is 4. The van der Waals surface area contributed by atoms with Crippen molar-refractivity contribution in [1.82, 2.24) is 4.98 Å². The van der Waals surface area contributed by atoms with Crippen molar-refractivity contribution in [3.05, 3.63) is 64.6 Å². The summed E-state index contributed by atoms with van der Waals surface area (Å²) in [5, 5.41) is 14.7. The number of nitro groups is 1. The van der Waals surface area contributed by atoms with Crippen LogP contribution in [0.5, 0.6) is 0 Å². The van der Waals surface area contributed by atoms with Crippen LogP contribution in [0.2, 0.25) is 0 Å². The molecule has 1 atom stereocenters. The molecular formula is C15H13N3O3. The van der Waals surface area contributed by atoms with E-state index >= 15 is 0 Å². The topological polar surface area (TPSA) is 81.2 Å². The first-order chi connectivity index (χ1) is 10.1. The number of nitrogens with zero attached hydrogens (tertiary/aromatic N) is 2. The first-order valence-corrected chi connectivity index (χ1v) is 6.48. The summed E-state index contributed by atoms with van der Waals surface area (Å²) >= 11 is 0. The van der Waals surface area contributed by atoms with Crippen molar-refractivity contribution >= 4 is 22.4 Å². The third-order valence-corrected chi connectivity index (χ3v) is 3.22. The van der Waals surface area contributed by atoms with Gasteiger partial charge in [-0.25, -0.2) is 4.98 Å². The number of hydrogen-bond acceptors (Lipinski definition) is 5. The lowest BCUT2D eigenvalue weighted by atomic mass is 10.2. The monoisotopic (exact) mass is 283 g/mol. The largest absolute Gasteiger partial charge is 0.467 e. The van der Waals surface area contributed by atoms with Crippen LogP contribution in [0, 0.1) is 10.1 Å². The van der Waals surface area contributed by atoms with E-state index in [-0.39, 0.29) is 11.7 Å². The number of furan rings is 1. The van der Waals surface area contributed by atoms with Gasteiger partial charge in [0.05, 0.1) is 22.7 Å². The Bertz CT molecular complexity index is 784. The first-order valence-electron chi connectivity index (χ1n) is 6.48. The van der Waals surface area contributed by atoms with Crippen LogP contribution in [-0.2, 0) is 0 Å². The minimum atomic E-state index is -0.412. The number of pyridine rings is 1. The van der Waals surface area contributed by atoms with E-state index in [0.717, 1.165) is 11.1 Å². The highest BCUT2D eigenvalue weighted by molar-refractivity contribution is 5.82. The predicted octanol–water partition coefficient (Wildman–Crippen LogP) is 3.91. The van der Waals surface area contributed by atoms with E-state index in [1.807, 2.05) is 25.1 Å². The van der Waals surface area contributed by atoms with Crippen molar-refractivity contribution in [2.45, 2.75) is 13.0 Å². The SMILES string of the molecule is CC(Nc1ccc2cc([N+](=O)[O-])ccc2n1)c1ccco1. The number of non-ortho nitro benzene ring substituents is 1. The van der Waals surface area contributed by atoms with Gasteiger partial charge in [0, 0.05) is 17.5 Å². The first kappa shape index (κ1) is 13.1. The van der Waals surface area contributed by atoms with Crippen molar-refractivity contribution in [1.29, 1.82) is 0 Å². The zero-order valence-corrected chi connectivity index (χ0v) is 11.3. The molecule has 2 aromatic heterocycles. The van der Waals surface area contributed by atoms with Crippen molar-refractivity contribution in [2.24, 2.45) is 0 Å².